The first-order valence-electron chi connectivity index (χ1n) is 3.13. The highest BCUT2D eigenvalue weighted by atomic mass is 32.1. The lowest BCUT2D eigenvalue weighted by Gasteiger charge is -1.93. The monoisotopic (exact) mass is 171 g/mol. The van der Waals surface area contributed by atoms with E-state index in [4.69, 9.17) is 5.90 Å². The Hall–Kier alpha value is -0.870. The Morgan fingerprint density at radius 3 is 2.64 bits per heavy atom. The van der Waals surface area contributed by atoms with E-state index in [1.54, 1.807) is 0 Å². The molecule has 3 nitrogen and oxygen atoms in total. The van der Waals surface area contributed by atoms with Gasteiger partial charge >= 0.3 is 5.97 Å². The Kier molecular flexibility index (Phi) is 2.26. The third kappa shape index (κ3) is 1.58. The SMILES string of the molecule is Cc1cc(C)c(C(=O)ON)s1. The second kappa shape index (κ2) is 3.02. The molecule has 4 heteroatoms. The van der Waals surface area contributed by atoms with E-state index < -0.39 is 5.97 Å². The van der Waals surface area contributed by atoms with Gasteiger partial charge in [0.05, 0.1) is 0 Å². The van der Waals surface area contributed by atoms with Crippen LogP contribution in [0.4, 0.5) is 0 Å². The van der Waals surface area contributed by atoms with E-state index in [1.807, 2.05) is 19.9 Å². The fourth-order valence-corrected chi connectivity index (χ4v) is 1.81. The lowest BCUT2D eigenvalue weighted by molar-refractivity contribution is 0.0508. The van der Waals surface area contributed by atoms with E-state index in [0.29, 0.717) is 4.88 Å². The van der Waals surface area contributed by atoms with E-state index in [-0.39, 0.29) is 0 Å². The second-order valence-electron chi connectivity index (χ2n) is 2.27. The molecule has 0 aliphatic heterocycles. The van der Waals surface area contributed by atoms with Crippen LogP contribution in [0.25, 0.3) is 0 Å². The number of carbonyl (C=O) groups is 1. The molecule has 0 radical (unpaired) electrons. The number of thiophene rings is 1. The fourth-order valence-electron chi connectivity index (χ4n) is 0.898. The molecule has 0 aromatic carbocycles. The molecule has 2 N–H and O–H groups in total. The first kappa shape index (κ1) is 8.23. The smallest absolute Gasteiger partial charge is 0.367 e. The van der Waals surface area contributed by atoms with E-state index in [0.717, 1.165) is 10.4 Å². The number of hydrogen-bond acceptors (Lipinski definition) is 4. The number of carbonyl (C=O) groups excluding carboxylic acids is 1. The quantitative estimate of drug-likeness (QED) is 0.650. The molecule has 1 heterocycles. The molecule has 0 unspecified atom stereocenters. The molecule has 11 heavy (non-hydrogen) atoms. The van der Waals surface area contributed by atoms with Crippen molar-refractivity contribution in [3.05, 3.63) is 21.4 Å². The van der Waals surface area contributed by atoms with Crippen LogP contribution in [0.2, 0.25) is 0 Å². The molecule has 0 fully saturated rings. The molecule has 1 aromatic rings. The highest BCUT2D eigenvalue weighted by molar-refractivity contribution is 7.14. The molecule has 1 rings (SSSR count). The molecular weight excluding hydrogens is 162 g/mol. The summed E-state index contributed by atoms with van der Waals surface area (Å²) in [7, 11) is 0. The van der Waals surface area contributed by atoms with Gasteiger partial charge in [-0.05, 0) is 25.5 Å². The fraction of sp³-hybridized carbons (Fsp3) is 0.286. The number of aryl methyl sites for hydroxylation is 2. The van der Waals surface area contributed by atoms with Crippen LogP contribution >= 0.6 is 11.3 Å². The summed E-state index contributed by atoms with van der Waals surface area (Å²) in [6.07, 6.45) is 0. The average molecular weight is 171 g/mol. The third-order valence-electron chi connectivity index (χ3n) is 1.33. The maximum Gasteiger partial charge on any atom is 0.367 e. The van der Waals surface area contributed by atoms with E-state index in [1.165, 1.54) is 11.3 Å². The van der Waals surface area contributed by atoms with Gasteiger partial charge in [-0.3, -0.25) is 0 Å². The molecule has 0 aliphatic rings. The highest BCUT2D eigenvalue weighted by Crippen LogP contribution is 2.20. The van der Waals surface area contributed by atoms with Gasteiger partial charge in [-0.15, -0.1) is 11.3 Å². The summed E-state index contributed by atoms with van der Waals surface area (Å²) < 4.78 is 0. The molecular formula is C7H9NO2S. The van der Waals surface area contributed by atoms with Gasteiger partial charge in [0.2, 0.25) is 0 Å². The van der Waals surface area contributed by atoms with Gasteiger partial charge in [-0.1, -0.05) is 0 Å². The molecule has 0 aliphatic carbocycles. The zero-order valence-electron chi connectivity index (χ0n) is 6.38. The summed E-state index contributed by atoms with van der Waals surface area (Å²) in [5.74, 6) is 4.28. The summed E-state index contributed by atoms with van der Waals surface area (Å²) in [5.41, 5.74) is 0.919. The van der Waals surface area contributed by atoms with Crippen molar-refractivity contribution in [1.29, 1.82) is 0 Å². The van der Waals surface area contributed by atoms with Crippen LogP contribution in [0.15, 0.2) is 6.07 Å². The van der Waals surface area contributed by atoms with Crippen molar-refractivity contribution in [2.75, 3.05) is 0 Å². The zero-order chi connectivity index (χ0) is 8.43. The lowest BCUT2D eigenvalue weighted by atomic mass is 10.3. The van der Waals surface area contributed by atoms with Gasteiger partial charge in [0.25, 0.3) is 0 Å². The predicted molar refractivity (Wildman–Crippen MR) is 43.4 cm³/mol. The van der Waals surface area contributed by atoms with Crippen LogP contribution in [0.3, 0.4) is 0 Å². The first-order chi connectivity index (χ1) is 5.15. The van der Waals surface area contributed by atoms with Gasteiger partial charge < -0.3 is 4.84 Å². The van der Waals surface area contributed by atoms with Crippen LogP contribution in [0.1, 0.15) is 20.1 Å². The lowest BCUT2D eigenvalue weighted by Crippen LogP contribution is -2.09. The average Bonchev–Trinajstić information content (AvgIpc) is 2.28. The molecule has 0 bridgehead atoms. The molecule has 60 valence electrons. The third-order valence-corrected chi connectivity index (χ3v) is 2.47. The molecule has 0 spiro atoms. The topological polar surface area (TPSA) is 52.3 Å². The van der Waals surface area contributed by atoms with E-state index in [9.17, 15) is 4.79 Å². The Labute approximate surface area is 68.7 Å². The number of nitrogens with two attached hydrogens (primary N) is 1. The maximum atomic E-state index is 10.9. The van der Waals surface area contributed by atoms with Crippen molar-refractivity contribution < 1.29 is 9.63 Å². The largest absolute Gasteiger partial charge is 0.369 e. The summed E-state index contributed by atoms with van der Waals surface area (Å²) >= 11 is 1.39. The number of rotatable bonds is 1. The minimum absolute atomic E-state index is 0.458. The summed E-state index contributed by atoms with van der Waals surface area (Å²) in [5, 5.41) is 0. The van der Waals surface area contributed by atoms with Crippen LogP contribution in [-0.4, -0.2) is 5.97 Å². The van der Waals surface area contributed by atoms with Gasteiger partial charge in [0, 0.05) is 4.88 Å². The van der Waals surface area contributed by atoms with Gasteiger partial charge in [-0.2, -0.15) is 5.90 Å². The Bertz CT molecular complexity index is 280. The normalized spacial score (nSPS) is 9.73. The highest BCUT2D eigenvalue weighted by Gasteiger charge is 2.11. The Balaban J connectivity index is 3.03. The van der Waals surface area contributed by atoms with Crippen molar-refractivity contribution in [3.8, 4) is 0 Å². The molecule has 0 amide bonds. The van der Waals surface area contributed by atoms with Crippen molar-refractivity contribution in [3.63, 3.8) is 0 Å². The predicted octanol–water partition coefficient (Wildman–Crippen LogP) is 1.40. The second-order valence-corrected chi connectivity index (χ2v) is 3.53. The summed E-state index contributed by atoms with van der Waals surface area (Å²) in [4.78, 5) is 16.7. The summed E-state index contributed by atoms with van der Waals surface area (Å²) in [6, 6.07) is 1.93. The van der Waals surface area contributed by atoms with Crippen LogP contribution in [0.5, 0.6) is 0 Å². The van der Waals surface area contributed by atoms with E-state index in [2.05, 4.69) is 4.84 Å². The van der Waals surface area contributed by atoms with Crippen molar-refractivity contribution in [1.82, 2.24) is 0 Å². The van der Waals surface area contributed by atoms with Crippen molar-refractivity contribution >= 4 is 17.3 Å². The molecule has 0 atom stereocenters. The first-order valence-corrected chi connectivity index (χ1v) is 3.95. The zero-order valence-corrected chi connectivity index (χ0v) is 7.20. The Morgan fingerprint density at radius 2 is 2.27 bits per heavy atom. The van der Waals surface area contributed by atoms with Crippen LogP contribution in [-0.2, 0) is 4.84 Å². The minimum atomic E-state index is -0.458. The van der Waals surface area contributed by atoms with Gasteiger partial charge in [-0.25, -0.2) is 4.79 Å². The minimum Gasteiger partial charge on any atom is -0.369 e. The van der Waals surface area contributed by atoms with Gasteiger partial charge in [0.1, 0.15) is 4.88 Å². The molecule has 1 aromatic heterocycles. The van der Waals surface area contributed by atoms with Crippen LogP contribution < -0.4 is 5.90 Å². The molecule has 0 saturated carbocycles. The van der Waals surface area contributed by atoms with E-state index >= 15 is 0 Å². The maximum absolute atomic E-state index is 10.9. The van der Waals surface area contributed by atoms with Gasteiger partial charge in [0.15, 0.2) is 0 Å². The summed E-state index contributed by atoms with van der Waals surface area (Å²) in [6.45, 7) is 3.79. The van der Waals surface area contributed by atoms with Crippen LogP contribution in [0, 0.1) is 13.8 Å². The standard InChI is InChI=1S/C7H9NO2S/c1-4-3-5(2)11-6(4)7(9)10-8/h3H,8H2,1-2H3. The van der Waals surface area contributed by atoms with Crippen molar-refractivity contribution in [2.24, 2.45) is 5.90 Å². The van der Waals surface area contributed by atoms with Crippen molar-refractivity contribution in [2.45, 2.75) is 13.8 Å². The molecule has 0 saturated heterocycles. The Morgan fingerprint density at radius 1 is 1.64 bits per heavy atom. The number of hydrogen-bond donors (Lipinski definition) is 1.